The number of aryl methyl sites for hydroxylation is 1. The van der Waals surface area contributed by atoms with Gasteiger partial charge in [-0.15, -0.1) is 12.6 Å². The average molecular weight is 221 g/mol. The quantitative estimate of drug-likeness (QED) is 0.583. The van der Waals surface area contributed by atoms with E-state index < -0.39 is 0 Å². The first kappa shape index (κ1) is 11.9. The normalized spacial score (nSPS) is 9.60. The summed E-state index contributed by atoms with van der Waals surface area (Å²) in [5.74, 6) is -0.160. The molecule has 0 unspecified atom stereocenters. The molecule has 3 heteroatoms. The van der Waals surface area contributed by atoms with Crippen LogP contribution in [-0.4, -0.2) is 5.91 Å². The van der Waals surface area contributed by atoms with Crippen molar-refractivity contribution in [2.75, 3.05) is 5.32 Å². The Balaban J connectivity index is 2.85. The van der Waals surface area contributed by atoms with Crippen molar-refractivity contribution in [1.82, 2.24) is 0 Å². The van der Waals surface area contributed by atoms with Gasteiger partial charge < -0.3 is 5.32 Å². The Labute approximate surface area is 95.8 Å². The van der Waals surface area contributed by atoms with Crippen molar-refractivity contribution < 1.29 is 4.79 Å². The number of allylic oxidation sites excluding steroid dienone is 1. The molecule has 0 aliphatic heterocycles. The van der Waals surface area contributed by atoms with Gasteiger partial charge in [-0.2, -0.15) is 0 Å². The third-order valence-electron chi connectivity index (χ3n) is 2.08. The van der Waals surface area contributed by atoms with E-state index in [-0.39, 0.29) is 5.91 Å². The monoisotopic (exact) mass is 221 g/mol. The van der Waals surface area contributed by atoms with Crippen molar-refractivity contribution in [1.29, 1.82) is 0 Å². The van der Waals surface area contributed by atoms with Gasteiger partial charge in [0, 0.05) is 5.69 Å². The van der Waals surface area contributed by atoms with Crippen LogP contribution in [0.25, 0.3) is 0 Å². The molecule has 80 valence electrons. The maximum Gasteiger partial charge on any atom is 0.261 e. The van der Waals surface area contributed by atoms with Crippen LogP contribution in [0.1, 0.15) is 19.4 Å². The average Bonchev–Trinajstić information content (AvgIpc) is 2.20. The number of carbonyl (C=O) groups excluding carboxylic acids is 1. The van der Waals surface area contributed by atoms with Gasteiger partial charge in [0.25, 0.3) is 5.91 Å². The van der Waals surface area contributed by atoms with Crippen LogP contribution < -0.4 is 5.32 Å². The highest BCUT2D eigenvalue weighted by Crippen LogP contribution is 2.16. The zero-order valence-electron chi connectivity index (χ0n) is 9.16. The van der Waals surface area contributed by atoms with Gasteiger partial charge in [0.05, 0.1) is 4.91 Å². The molecule has 15 heavy (non-hydrogen) atoms. The first-order valence-corrected chi connectivity index (χ1v) is 5.20. The second-order valence-corrected chi connectivity index (χ2v) is 4.06. The molecule has 0 aliphatic rings. The first-order chi connectivity index (χ1) is 7.02. The lowest BCUT2D eigenvalue weighted by atomic mass is 10.2. The second kappa shape index (κ2) is 5.03. The molecule has 2 nitrogen and oxygen atoms in total. The number of amides is 1. The molecule has 0 heterocycles. The topological polar surface area (TPSA) is 29.1 Å². The van der Waals surface area contributed by atoms with Gasteiger partial charge in [-0.1, -0.05) is 23.8 Å². The number of hydrogen-bond donors (Lipinski definition) is 2. The van der Waals surface area contributed by atoms with Crippen LogP contribution in [0.5, 0.6) is 0 Å². The summed E-state index contributed by atoms with van der Waals surface area (Å²) >= 11 is 4.15. The fourth-order valence-electron chi connectivity index (χ4n) is 1.12. The van der Waals surface area contributed by atoms with Crippen LogP contribution in [0, 0.1) is 6.92 Å². The fraction of sp³-hybridized carbons (Fsp3) is 0.250. The fourth-order valence-corrected chi connectivity index (χ4v) is 1.18. The molecule has 0 aliphatic carbocycles. The molecule has 0 atom stereocenters. The highest BCUT2D eigenvalue weighted by Gasteiger charge is 2.07. The zero-order chi connectivity index (χ0) is 11.4. The molecule has 0 radical (unpaired) electrons. The van der Waals surface area contributed by atoms with Crippen LogP contribution in [0.4, 0.5) is 5.69 Å². The van der Waals surface area contributed by atoms with Gasteiger partial charge in [-0.25, -0.2) is 0 Å². The lowest BCUT2D eigenvalue weighted by molar-refractivity contribution is -0.112. The van der Waals surface area contributed by atoms with E-state index in [4.69, 9.17) is 0 Å². The Kier molecular flexibility index (Phi) is 3.97. The standard InChI is InChI=1S/C12H15NOS/c1-8(2)11(15)12(14)13-10-7-5-4-6-9(10)3/h4-7,15H,1-3H3,(H,13,14). The SMILES string of the molecule is CC(C)=C(S)C(=O)Nc1ccccc1C. The highest BCUT2D eigenvalue weighted by atomic mass is 32.1. The molecule has 1 aromatic rings. The Morgan fingerprint density at radius 3 is 2.40 bits per heavy atom. The predicted molar refractivity (Wildman–Crippen MR) is 67.2 cm³/mol. The van der Waals surface area contributed by atoms with E-state index in [9.17, 15) is 4.79 Å². The van der Waals surface area contributed by atoms with Crippen molar-refractivity contribution in [2.45, 2.75) is 20.8 Å². The molecule has 1 amide bonds. The summed E-state index contributed by atoms with van der Waals surface area (Å²) in [6.45, 7) is 5.68. The maximum absolute atomic E-state index is 11.7. The minimum absolute atomic E-state index is 0.160. The number of nitrogens with one attached hydrogen (secondary N) is 1. The first-order valence-electron chi connectivity index (χ1n) is 4.76. The summed E-state index contributed by atoms with van der Waals surface area (Å²) in [4.78, 5) is 12.1. The van der Waals surface area contributed by atoms with Crippen LogP contribution in [0.2, 0.25) is 0 Å². The van der Waals surface area contributed by atoms with Gasteiger partial charge >= 0.3 is 0 Å². The molecule has 1 rings (SSSR count). The maximum atomic E-state index is 11.7. The van der Waals surface area contributed by atoms with E-state index >= 15 is 0 Å². The van der Waals surface area contributed by atoms with Gasteiger partial charge in [0.1, 0.15) is 0 Å². The Morgan fingerprint density at radius 2 is 1.87 bits per heavy atom. The summed E-state index contributed by atoms with van der Waals surface area (Å²) in [7, 11) is 0. The Hall–Kier alpha value is -1.22. The van der Waals surface area contributed by atoms with Crippen molar-refractivity contribution in [2.24, 2.45) is 0 Å². The van der Waals surface area contributed by atoms with Gasteiger partial charge in [0.2, 0.25) is 0 Å². The summed E-state index contributed by atoms with van der Waals surface area (Å²) < 4.78 is 0. The van der Waals surface area contributed by atoms with Crippen molar-refractivity contribution in [3.05, 3.63) is 40.3 Å². The molecule has 0 aromatic heterocycles. The molecule has 0 saturated heterocycles. The number of para-hydroxylation sites is 1. The third kappa shape index (κ3) is 3.13. The number of hydrogen-bond acceptors (Lipinski definition) is 2. The van der Waals surface area contributed by atoms with Gasteiger partial charge in [-0.05, 0) is 32.4 Å². The number of rotatable bonds is 2. The molecule has 0 bridgehead atoms. The minimum Gasteiger partial charge on any atom is -0.321 e. The smallest absolute Gasteiger partial charge is 0.261 e. The van der Waals surface area contributed by atoms with Crippen LogP contribution in [0.3, 0.4) is 0 Å². The van der Waals surface area contributed by atoms with Crippen LogP contribution >= 0.6 is 12.6 Å². The Bertz CT molecular complexity index is 406. The zero-order valence-corrected chi connectivity index (χ0v) is 10.1. The van der Waals surface area contributed by atoms with E-state index in [0.717, 1.165) is 16.8 Å². The molecule has 1 N–H and O–H groups in total. The second-order valence-electron chi connectivity index (χ2n) is 3.62. The highest BCUT2D eigenvalue weighted by molar-refractivity contribution is 7.85. The summed E-state index contributed by atoms with van der Waals surface area (Å²) in [5.41, 5.74) is 2.78. The number of carbonyl (C=O) groups is 1. The number of thiol groups is 1. The lowest BCUT2D eigenvalue weighted by Crippen LogP contribution is -2.13. The predicted octanol–water partition coefficient (Wildman–Crippen LogP) is 3.16. The van der Waals surface area contributed by atoms with Crippen molar-refractivity contribution in [3.8, 4) is 0 Å². The molecule has 0 spiro atoms. The lowest BCUT2D eigenvalue weighted by Gasteiger charge is -2.08. The number of anilines is 1. The third-order valence-corrected chi connectivity index (χ3v) is 2.73. The molecular weight excluding hydrogens is 206 g/mol. The van der Waals surface area contributed by atoms with Crippen LogP contribution in [-0.2, 0) is 4.79 Å². The van der Waals surface area contributed by atoms with Gasteiger partial charge in [-0.3, -0.25) is 4.79 Å². The van der Waals surface area contributed by atoms with E-state index in [0.29, 0.717) is 4.91 Å². The van der Waals surface area contributed by atoms with E-state index in [1.54, 1.807) is 0 Å². The summed E-state index contributed by atoms with van der Waals surface area (Å²) in [6, 6.07) is 7.66. The van der Waals surface area contributed by atoms with E-state index in [1.807, 2.05) is 45.0 Å². The molecular formula is C12H15NOS. The molecule has 0 saturated carbocycles. The van der Waals surface area contributed by atoms with Gasteiger partial charge in [0.15, 0.2) is 0 Å². The van der Waals surface area contributed by atoms with E-state index in [2.05, 4.69) is 17.9 Å². The minimum atomic E-state index is -0.160. The number of benzene rings is 1. The summed E-state index contributed by atoms with van der Waals surface area (Å²) in [5, 5.41) is 2.82. The van der Waals surface area contributed by atoms with Crippen LogP contribution in [0.15, 0.2) is 34.7 Å². The molecule has 0 fully saturated rings. The molecule has 1 aromatic carbocycles. The van der Waals surface area contributed by atoms with Crippen molar-refractivity contribution >= 4 is 24.2 Å². The summed E-state index contributed by atoms with van der Waals surface area (Å²) in [6.07, 6.45) is 0. The van der Waals surface area contributed by atoms with E-state index in [1.165, 1.54) is 0 Å². The van der Waals surface area contributed by atoms with Crippen molar-refractivity contribution in [3.63, 3.8) is 0 Å². The Morgan fingerprint density at radius 1 is 1.27 bits per heavy atom. The largest absolute Gasteiger partial charge is 0.321 e.